The maximum atomic E-state index is 12.0. The molecule has 1 aliphatic carbocycles. The molecule has 1 N–H and O–H groups in total. The van der Waals surface area contributed by atoms with Crippen molar-refractivity contribution in [2.75, 3.05) is 41.3 Å². The Morgan fingerprint density at radius 3 is 2.32 bits per heavy atom. The Labute approximate surface area is 147 Å². The number of nitrogens with one attached hydrogen (secondary N) is 1. The highest BCUT2D eigenvalue weighted by Gasteiger charge is 2.25. The SMILES string of the molecule is O=C(Nc1ccc(N2CCN(c3ncccn3)CC2)nc1)C1CCC1. The number of amides is 1. The van der Waals surface area contributed by atoms with Crippen LogP contribution in [0.1, 0.15) is 19.3 Å². The summed E-state index contributed by atoms with van der Waals surface area (Å²) in [5.41, 5.74) is 0.775. The van der Waals surface area contributed by atoms with Gasteiger partial charge in [0.2, 0.25) is 11.9 Å². The van der Waals surface area contributed by atoms with Crippen molar-refractivity contribution in [2.45, 2.75) is 19.3 Å². The van der Waals surface area contributed by atoms with Crippen LogP contribution in [0.4, 0.5) is 17.5 Å². The zero-order chi connectivity index (χ0) is 17.1. The summed E-state index contributed by atoms with van der Waals surface area (Å²) in [6.45, 7) is 3.48. The third-order valence-electron chi connectivity index (χ3n) is 4.93. The number of piperazine rings is 1. The van der Waals surface area contributed by atoms with E-state index in [9.17, 15) is 4.79 Å². The van der Waals surface area contributed by atoms with Gasteiger partial charge < -0.3 is 15.1 Å². The second-order valence-electron chi connectivity index (χ2n) is 6.55. The van der Waals surface area contributed by atoms with Crippen molar-refractivity contribution in [3.63, 3.8) is 0 Å². The molecule has 0 atom stereocenters. The normalized spacial score (nSPS) is 17.9. The first-order valence-corrected chi connectivity index (χ1v) is 8.83. The average Bonchev–Trinajstić information content (AvgIpc) is 2.62. The number of carbonyl (C=O) groups excluding carboxylic acids is 1. The monoisotopic (exact) mass is 338 g/mol. The van der Waals surface area contributed by atoms with Crippen LogP contribution in [0.15, 0.2) is 36.8 Å². The van der Waals surface area contributed by atoms with Crippen molar-refractivity contribution < 1.29 is 4.79 Å². The summed E-state index contributed by atoms with van der Waals surface area (Å²) in [6, 6.07) is 5.74. The molecule has 4 rings (SSSR count). The van der Waals surface area contributed by atoms with Gasteiger partial charge in [-0.2, -0.15) is 0 Å². The van der Waals surface area contributed by atoms with E-state index in [1.807, 2.05) is 18.2 Å². The van der Waals surface area contributed by atoms with Gasteiger partial charge in [0.25, 0.3) is 0 Å². The number of pyridine rings is 1. The van der Waals surface area contributed by atoms with E-state index in [-0.39, 0.29) is 11.8 Å². The number of hydrogen-bond donors (Lipinski definition) is 1. The summed E-state index contributed by atoms with van der Waals surface area (Å²) in [5.74, 6) is 2.03. The first kappa shape index (κ1) is 15.8. The van der Waals surface area contributed by atoms with E-state index in [1.54, 1.807) is 18.6 Å². The molecule has 7 nitrogen and oxygen atoms in total. The van der Waals surface area contributed by atoms with Crippen molar-refractivity contribution >= 4 is 23.4 Å². The number of aromatic nitrogens is 3. The lowest BCUT2D eigenvalue weighted by molar-refractivity contribution is -0.122. The van der Waals surface area contributed by atoms with Crippen molar-refractivity contribution in [2.24, 2.45) is 5.92 Å². The Morgan fingerprint density at radius 2 is 1.72 bits per heavy atom. The first-order chi connectivity index (χ1) is 12.3. The fourth-order valence-corrected chi connectivity index (χ4v) is 3.15. The van der Waals surface area contributed by atoms with Gasteiger partial charge in [0.1, 0.15) is 5.82 Å². The molecule has 25 heavy (non-hydrogen) atoms. The molecule has 1 amide bonds. The van der Waals surface area contributed by atoms with E-state index in [1.165, 1.54) is 0 Å². The average molecular weight is 338 g/mol. The van der Waals surface area contributed by atoms with Crippen LogP contribution >= 0.6 is 0 Å². The predicted octanol–water partition coefficient (Wildman–Crippen LogP) is 1.94. The molecule has 0 aromatic carbocycles. The van der Waals surface area contributed by atoms with Gasteiger partial charge in [0, 0.05) is 44.5 Å². The Morgan fingerprint density at radius 1 is 1.00 bits per heavy atom. The second-order valence-corrected chi connectivity index (χ2v) is 6.55. The third-order valence-corrected chi connectivity index (χ3v) is 4.93. The van der Waals surface area contributed by atoms with Gasteiger partial charge in [-0.1, -0.05) is 6.42 Å². The van der Waals surface area contributed by atoms with Crippen LogP contribution in [-0.2, 0) is 4.79 Å². The molecule has 2 aromatic rings. The van der Waals surface area contributed by atoms with E-state index in [2.05, 4.69) is 30.1 Å². The zero-order valence-electron chi connectivity index (χ0n) is 14.1. The van der Waals surface area contributed by atoms with Crippen molar-refractivity contribution in [3.8, 4) is 0 Å². The Kier molecular flexibility index (Phi) is 4.45. The molecule has 0 unspecified atom stereocenters. The first-order valence-electron chi connectivity index (χ1n) is 8.83. The van der Waals surface area contributed by atoms with Gasteiger partial charge in [0.15, 0.2) is 0 Å². The number of rotatable bonds is 4. The molecule has 2 aliphatic rings. The van der Waals surface area contributed by atoms with Crippen LogP contribution in [-0.4, -0.2) is 47.0 Å². The summed E-state index contributed by atoms with van der Waals surface area (Å²) in [6.07, 6.45) is 8.47. The summed E-state index contributed by atoms with van der Waals surface area (Å²) < 4.78 is 0. The highest BCUT2D eigenvalue weighted by Crippen LogP contribution is 2.27. The minimum Gasteiger partial charge on any atom is -0.353 e. The number of hydrogen-bond acceptors (Lipinski definition) is 6. The lowest BCUT2D eigenvalue weighted by Gasteiger charge is -2.35. The van der Waals surface area contributed by atoms with Gasteiger partial charge in [-0.05, 0) is 31.0 Å². The fourth-order valence-electron chi connectivity index (χ4n) is 3.15. The standard InChI is InChI=1S/C18H22N6O/c25-17(14-3-1-4-14)22-15-5-6-16(21-13-15)23-9-11-24(12-10-23)18-19-7-2-8-20-18/h2,5-8,13-14H,1,3-4,9-12H2,(H,22,25). The van der Waals surface area contributed by atoms with Crippen LogP contribution in [0, 0.1) is 5.92 Å². The molecule has 2 aromatic heterocycles. The van der Waals surface area contributed by atoms with Crippen LogP contribution in [0.2, 0.25) is 0 Å². The Hall–Kier alpha value is -2.70. The maximum Gasteiger partial charge on any atom is 0.227 e. The Balaban J connectivity index is 1.33. The summed E-state index contributed by atoms with van der Waals surface area (Å²) in [4.78, 5) is 29.5. The number of nitrogens with zero attached hydrogens (tertiary/aromatic N) is 5. The quantitative estimate of drug-likeness (QED) is 0.918. The summed E-state index contributed by atoms with van der Waals surface area (Å²) in [7, 11) is 0. The molecule has 130 valence electrons. The fraction of sp³-hybridized carbons (Fsp3) is 0.444. The lowest BCUT2D eigenvalue weighted by atomic mass is 9.85. The van der Waals surface area contributed by atoms with Crippen LogP contribution < -0.4 is 15.1 Å². The van der Waals surface area contributed by atoms with Crippen LogP contribution in [0.25, 0.3) is 0 Å². The van der Waals surface area contributed by atoms with Crippen LogP contribution in [0.3, 0.4) is 0 Å². The molecule has 1 aliphatic heterocycles. The molecule has 3 heterocycles. The number of anilines is 3. The highest BCUT2D eigenvalue weighted by atomic mass is 16.1. The van der Waals surface area contributed by atoms with Crippen molar-refractivity contribution in [1.82, 2.24) is 15.0 Å². The van der Waals surface area contributed by atoms with Crippen LogP contribution in [0.5, 0.6) is 0 Å². The molecule has 0 bridgehead atoms. The third kappa shape index (κ3) is 3.55. The lowest BCUT2D eigenvalue weighted by Crippen LogP contribution is -2.47. The zero-order valence-corrected chi connectivity index (χ0v) is 14.1. The van der Waals surface area contributed by atoms with Gasteiger partial charge in [-0.3, -0.25) is 4.79 Å². The molecule has 7 heteroatoms. The molecular weight excluding hydrogens is 316 g/mol. The minimum absolute atomic E-state index is 0.122. The molecular formula is C18H22N6O. The summed E-state index contributed by atoms with van der Waals surface area (Å²) >= 11 is 0. The predicted molar refractivity (Wildman–Crippen MR) is 96.7 cm³/mol. The van der Waals surface area contributed by atoms with Gasteiger partial charge >= 0.3 is 0 Å². The topological polar surface area (TPSA) is 74.2 Å². The van der Waals surface area contributed by atoms with Crippen molar-refractivity contribution in [3.05, 3.63) is 36.8 Å². The van der Waals surface area contributed by atoms with Gasteiger partial charge in [-0.15, -0.1) is 0 Å². The largest absolute Gasteiger partial charge is 0.353 e. The van der Waals surface area contributed by atoms with E-state index in [0.29, 0.717) is 0 Å². The number of carbonyl (C=O) groups is 1. The molecule has 0 radical (unpaired) electrons. The van der Waals surface area contributed by atoms with Crippen molar-refractivity contribution in [1.29, 1.82) is 0 Å². The van der Waals surface area contributed by atoms with Gasteiger partial charge in [-0.25, -0.2) is 15.0 Å². The smallest absolute Gasteiger partial charge is 0.227 e. The molecule has 0 spiro atoms. The summed E-state index contributed by atoms with van der Waals surface area (Å²) in [5, 5.41) is 2.96. The second kappa shape index (κ2) is 7.04. The Bertz CT molecular complexity index is 708. The minimum atomic E-state index is 0.122. The van der Waals surface area contributed by atoms with Gasteiger partial charge in [0.05, 0.1) is 11.9 Å². The molecule has 1 saturated heterocycles. The molecule has 1 saturated carbocycles. The molecule has 2 fully saturated rings. The van der Waals surface area contributed by atoms with E-state index in [0.717, 1.165) is 62.9 Å². The van der Waals surface area contributed by atoms with E-state index in [4.69, 9.17) is 0 Å². The maximum absolute atomic E-state index is 12.0. The van der Waals surface area contributed by atoms with E-state index >= 15 is 0 Å². The van der Waals surface area contributed by atoms with E-state index < -0.39 is 0 Å². The highest BCUT2D eigenvalue weighted by molar-refractivity contribution is 5.92.